The molecule has 4 rings (SSSR count). The summed E-state index contributed by atoms with van der Waals surface area (Å²) in [4.78, 5) is 0. The topological polar surface area (TPSA) is 18.5 Å². The summed E-state index contributed by atoms with van der Waals surface area (Å²) in [5.41, 5.74) is 3.40. The third kappa shape index (κ3) is 2.38. The summed E-state index contributed by atoms with van der Waals surface area (Å²) >= 11 is 0. The van der Waals surface area contributed by atoms with E-state index in [1.807, 2.05) is 18.2 Å². The van der Waals surface area contributed by atoms with E-state index in [0.29, 0.717) is 6.61 Å². The van der Waals surface area contributed by atoms with Gasteiger partial charge in [0.05, 0.1) is 0 Å². The van der Waals surface area contributed by atoms with Crippen LogP contribution in [-0.4, -0.2) is 6.61 Å². The Hall–Kier alpha value is -2.06. The molecule has 2 aliphatic rings. The molecule has 2 heterocycles. The van der Waals surface area contributed by atoms with Crippen LogP contribution in [0.15, 0.2) is 60.7 Å². The fourth-order valence-electron chi connectivity index (χ4n) is 3.34. The number of fused-ring (bicyclic) bond motifs is 2. The molecule has 118 valence electrons. The number of para-hydroxylation sites is 1. The Kier molecular flexibility index (Phi) is 3.14. The van der Waals surface area contributed by atoms with Crippen LogP contribution in [0.2, 0.25) is 0 Å². The maximum Gasteiger partial charge on any atom is 0.150 e. The smallest absolute Gasteiger partial charge is 0.150 e. The first kappa shape index (κ1) is 14.5. The van der Waals surface area contributed by atoms with E-state index in [1.54, 1.807) is 0 Å². The first-order valence-electron chi connectivity index (χ1n) is 8.18. The first-order valence-corrected chi connectivity index (χ1v) is 8.18. The van der Waals surface area contributed by atoms with Crippen LogP contribution in [0.3, 0.4) is 0 Å². The predicted molar refractivity (Wildman–Crippen MR) is 91.7 cm³/mol. The summed E-state index contributed by atoms with van der Waals surface area (Å²) in [6.45, 7) is 7.25. The fraction of sp³-hybridized carbons (Fsp3) is 0.333. The molecule has 0 aliphatic carbocycles. The van der Waals surface area contributed by atoms with Crippen molar-refractivity contribution in [1.29, 1.82) is 0 Å². The van der Waals surface area contributed by atoms with E-state index in [1.165, 1.54) is 11.1 Å². The molecule has 0 saturated heterocycles. The second kappa shape index (κ2) is 4.97. The quantitative estimate of drug-likeness (QED) is 0.698. The van der Waals surface area contributed by atoms with Crippen molar-refractivity contribution in [3.63, 3.8) is 0 Å². The van der Waals surface area contributed by atoms with E-state index in [-0.39, 0.29) is 11.5 Å². The van der Waals surface area contributed by atoms with Crippen LogP contribution in [-0.2, 0) is 15.8 Å². The molecule has 2 aliphatic heterocycles. The standard InChI is InChI=1S/C21H22O2/c1-20(2,3)16-10-8-15(9-11-16)18-12-13-21(23-18)14-22-19-7-5-4-6-17(19)21/h4-13,18H,14H2,1-3H3/t18-,21+/m1/s1. The highest BCUT2D eigenvalue weighted by Gasteiger charge is 2.44. The normalized spacial score (nSPS) is 25.6. The zero-order chi connectivity index (χ0) is 16.1. The van der Waals surface area contributed by atoms with Gasteiger partial charge in [0.1, 0.15) is 24.1 Å². The van der Waals surface area contributed by atoms with Gasteiger partial charge in [0, 0.05) is 5.56 Å². The maximum atomic E-state index is 6.41. The van der Waals surface area contributed by atoms with Crippen LogP contribution in [0.4, 0.5) is 0 Å². The van der Waals surface area contributed by atoms with Crippen molar-refractivity contribution in [3.05, 3.63) is 77.4 Å². The van der Waals surface area contributed by atoms with Gasteiger partial charge in [-0.2, -0.15) is 0 Å². The lowest BCUT2D eigenvalue weighted by molar-refractivity contribution is -0.0390. The molecule has 0 fully saturated rings. The molecular formula is C21H22O2. The molecule has 1 spiro atoms. The lowest BCUT2D eigenvalue weighted by atomic mass is 9.86. The van der Waals surface area contributed by atoms with Gasteiger partial charge >= 0.3 is 0 Å². The second-order valence-electron chi connectivity index (χ2n) is 7.44. The fourth-order valence-corrected chi connectivity index (χ4v) is 3.34. The van der Waals surface area contributed by atoms with Crippen molar-refractivity contribution >= 4 is 0 Å². The zero-order valence-electron chi connectivity index (χ0n) is 13.9. The van der Waals surface area contributed by atoms with E-state index in [4.69, 9.17) is 9.47 Å². The van der Waals surface area contributed by atoms with E-state index in [2.05, 4.69) is 63.3 Å². The number of hydrogen-bond acceptors (Lipinski definition) is 2. The molecule has 2 aromatic carbocycles. The number of hydrogen-bond donors (Lipinski definition) is 0. The van der Waals surface area contributed by atoms with Crippen molar-refractivity contribution in [2.75, 3.05) is 6.61 Å². The highest BCUT2D eigenvalue weighted by molar-refractivity contribution is 5.46. The molecule has 2 heteroatoms. The Bertz CT molecular complexity index is 752. The molecule has 2 atom stereocenters. The number of rotatable bonds is 1. The van der Waals surface area contributed by atoms with Crippen molar-refractivity contribution in [2.24, 2.45) is 0 Å². The SMILES string of the molecule is CC(C)(C)c1ccc([C@H]2C=C[C@@]3(COc4ccccc43)O2)cc1. The van der Waals surface area contributed by atoms with Crippen LogP contribution in [0.25, 0.3) is 0 Å². The molecule has 0 saturated carbocycles. The molecule has 0 amide bonds. The summed E-state index contributed by atoms with van der Waals surface area (Å²) in [7, 11) is 0. The lowest BCUT2D eigenvalue weighted by Gasteiger charge is -2.24. The summed E-state index contributed by atoms with van der Waals surface area (Å²) in [5.74, 6) is 0.931. The summed E-state index contributed by atoms with van der Waals surface area (Å²) in [6, 6.07) is 16.9. The summed E-state index contributed by atoms with van der Waals surface area (Å²) in [6.07, 6.45) is 4.29. The van der Waals surface area contributed by atoms with Gasteiger partial charge in [-0.15, -0.1) is 0 Å². The second-order valence-corrected chi connectivity index (χ2v) is 7.44. The zero-order valence-corrected chi connectivity index (χ0v) is 13.9. The van der Waals surface area contributed by atoms with E-state index < -0.39 is 5.60 Å². The monoisotopic (exact) mass is 306 g/mol. The number of benzene rings is 2. The van der Waals surface area contributed by atoms with Gasteiger partial charge < -0.3 is 9.47 Å². The van der Waals surface area contributed by atoms with Gasteiger partial charge in [-0.05, 0) is 28.7 Å². The van der Waals surface area contributed by atoms with Crippen LogP contribution in [0.5, 0.6) is 5.75 Å². The highest BCUT2D eigenvalue weighted by atomic mass is 16.6. The van der Waals surface area contributed by atoms with Crippen LogP contribution < -0.4 is 4.74 Å². The van der Waals surface area contributed by atoms with Gasteiger partial charge in [0.15, 0.2) is 0 Å². The summed E-state index contributed by atoms with van der Waals surface area (Å²) < 4.78 is 12.2. The molecule has 2 aromatic rings. The van der Waals surface area contributed by atoms with Gasteiger partial charge in [-0.3, -0.25) is 0 Å². The molecule has 0 radical (unpaired) electrons. The Morgan fingerprint density at radius 3 is 2.48 bits per heavy atom. The average molecular weight is 306 g/mol. The molecule has 23 heavy (non-hydrogen) atoms. The minimum absolute atomic E-state index is 0.0150. The number of ether oxygens (including phenoxy) is 2. The van der Waals surface area contributed by atoms with Gasteiger partial charge in [-0.1, -0.05) is 69.3 Å². The first-order chi connectivity index (χ1) is 11.0. The largest absolute Gasteiger partial charge is 0.489 e. The molecule has 0 aromatic heterocycles. The summed E-state index contributed by atoms with van der Waals surface area (Å²) in [5, 5.41) is 0. The van der Waals surface area contributed by atoms with E-state index in [9.17, 15) is 0 Å². The lowest BCUT2D eigenvalue weighted by Crippen LogP contribution is -2.26. The maximum absolute atomic E-state index is 6.41. The minimum atomic E-state index is -0.427. The Morgan fingerprint density at radius 2 is 1.74 bits per heavy atom. The van der Waals surface area contributed by atoms with Crippen LogP contribution in [0.1, 0.15) is 43.6 Å². The predicted octanol–water partition coefficient (Wildman–Crippen LogP) is 4.90. The highest BCUT2D eigenvalue weighted by Crippen LogP contribution is 2.47. The van der Waals surface area contributed by atoms with Crippen LogP contribution in [0, 0.1) is 0 Å². The van der Waals surface area contributed by atoms with Gasteiger partial charge in [0.25, 0.3) is 0 Å². The average Bonchev–Trinajstić information content (AvgIpc) is 3.13. The van der Waals surface area contributed by atoms with E-state index in [0.717, 1.165) is 11.3 Å². The Morgan fingerprint density at radius 1 is 1.00 bits per heavy atom. The van der Waals surface area contributed by atoms with E-state index >= 15 is 0 Å². The van der Waals surface area contributed by atoms with Gasteiger partial charge in [-0.25, -0.2) is 0 Å². The minimum Gasteiger partial charge on any atom is -0.489 e. The van der Waals surface area contributed by atoms with Crippen molar-refractivity contribution in [3.8, 4) is 5.75 Å². The molecule has 2 nitrogen and oxygen atoms in total. The third-order valence-electron chi connectivity index (χ3n) is 4.77. The molecule has 0 bridgehead atoms. The Balaban J connectivity index is 1.60. The van der Waals surface area contributed by atoms with Crippen molar-refractivity contribution in [2.45, 2.75) is 37.9 Å². The van der Waals surface area contributed by atoms with Crippen molar-refractivity contribution < 1.29 is 9.47 Å². The Labute approximate surface area is 137 Å². The van der Waals surface area contributed by atoms with Crippen LogP contribution >= 0.6 is 0 Å². The molecular weight excluding hydrogens is 284 g/mol. The molecule has 0 unspecified atom stereocenters. The van der Waals surface area contributed by atoms with Gasteiger partial charge in [0.2, 0.25) is 0 Å². The molecule has 0 N–H and O–H groups in total. The third-order valence-corrected chi connectivity index (χ3v) is 4.77. The van der Waals surface area contributed by atoms with Crippen molar-refractivity contribution in [1.82, 2.24) is 0 Å².